The van der Waals surface area contributed by atoms with Crippen molar-refractivity contribution in [3.05, 3.63) is 54.1 Å². The molecule has 0 heterocycles. The molecule has 130 valence electrons. The largest absolute Gasteiger partial charge is 0.490 e. The first kappa shape index (κ1) is 16.8. The number of nitrogens with two attached hydrogens (primary N) is 1. The maximum atomic E-state index is 12.3. The SMILES string of the molecule is NC(=O)Nc1cccc(C(=O)Nc2ccc(OC3CCCC3)cc2)c1. The Balaban J connectivity index is 1.61. The first-order valence-electron chi connectivity index (χ1n) is 8.35. The third kappa shape index (κ3) is 4.73. The molecule has 3 rings (SSSR count). The van der Waals surface area contributed by atoms with E-state index in [0.717, 1.165) is 18.6 Å². The van der Waals surface area contributed by atoms with Crippen LogP contribution in [0.1, 0.15) is 36.0 Å². The van der Waals surface area contributed by atoms with Gasteiger partial charge in [0.1, 0.15) is 5.75 Å². The van der Waals surface area contributed by atoms with Crippen LogP contribution in [0.5, 0.6) is 5.75 Å². The Hall–Kier alpha value is -3.02. The van der Waals surface area contributed by atoms with Crippen molar-refractivity contribution in [2.45, 2.75) is 31.8 Å². The lowest BCUT2D eigenvalue weighted by molar-refractivity contribution is 0.102. The van der Waals surface area contributed by atoms with Gasteiger partial charge >= 0.3 is 6.03 Å². The maximum Gasteiger partial charge on any atom is 0.316 e. The van der Waals surface area contributed by atoms with E-state index in [9.17, 15) is 9.59 Å². The summed E-state index contributed by atoms with van der Waals surface area (Å²) in [6.45, 7) is 0. The Morgan fingerprint density at radius 2 is 1.68 bits per heavy atom. The molecule has 1 aliphatic carbocycles. The summed E-state index contributed by atoms with van der Waals surface area (Å²) in [6.07, 6.45) is 4.97. The highest BCUT2D eigenvalue weighted by Crippen LogP contribution is 2.25. The van der Waals surface area contributed by atoms with Crippen LogP contribution < -0.4 is 21.1 Å². The van der Waals surface area contributed by atoms with Gasteiger partial charge in [0.2, 0.25) is 0 Å². The summed E-state index contributed by atoms with van der Waals surface area (Å²) in [6, 6.07) is 13.3. The summed E-state index contributed by atoms with van der Waals surface area (Å²) in [5, 5.41) is 5.27. The van der Waals surface area contributed by atoms with Crippen molar-refractivity contribution in [1.29, 1.82) is 0 Å². The minimum atomic E-state index is -0.671. The highest BCUT2D eigenvalue weighted by atomic mass is 16.5. The van der Waals surface area contributed by atoms with Gasteiger partial charge < -0.3 is 21.1 Å². The van der Waals surface area contributed by atoms with Gasteiger partial charge in [-0.05, 0) is 68.1 Å². The van der Waals surface area contributed by atoms with E-state index in [0.29, 0.717) is 23.0 Å². The number of carbonyl (C=O) groups is 2. The Morgan fingerprint density at radius 1 is 0.960 bits per heavy atom. The molecule has 0 radical (unpaired) electrons. The molecule has 0 saturated heterocycles. The molecule has 25 heavy (non-hydrogen) atoms. The molecule has 4 N–H and O–H groups in total. The van der Waals surface area contributed by atoms with Crippen LogP contribution in [0.2, 0.25) is 0 Å². The second kappa shape index (κ2) is 7.70. The molecule has 0 aliphatic heterocycles. The lowest BCUT2D eigenvalue weighted by atomic mass is 10.2. The topological polar surface area (TPSA) is 93.5 Å². The van der Waals surface area contributed by atoms with Gasteiger partial charge in [-0.15, -0.1) is 0 Å². The van der Waals surface area contributed by atoms with E-state index in [2.05, 4.69) is 10.6 Å². The first-order valence-corrected chi connectivity index (χ1v) is 8.35. The molecule has 6 nitrogen and oxygen atoms in total. The third-order valence-corrected chi connectivity index (χ3v) is 4.11. The Labute approximate surface area is 146 Å². The van der Waals surface area contributed by atoms with E-state index in [1.165, 1.54) is 12.8 Å². The fraction of sp³-hybridized carbons (Fsp3) is 0.263. The average molecular weight is 339 g/mol. The van der Waals surface area contributed by atoms with Crippen LogP contribution in [0, 0.1) is 0 Å². The fourth-order valence-corrected chi connectivity index (χ4v) is 2.90. The van der Waals surface area contributed by atoms with Gasteiger partial charge in [-0.3, -0.25) is 4.79 Å². The summed E-state index contributed by atoms with van der Waals surface area (Å²) < 4.78 is 5.91. The number of carbonyl (C=O) groups excluding carboxylic acids is 2. The second-order valence-corrected chi connectivity index (χ2v) is 6.07. The van der Waals surface area contributed by atoms with E-state index in [4.69, 9.17) is 10.5 Å². The Morgan fingerprint density at radius 3 is 2.36 bits per heavy atom. The Bertz CT molecular complexity index is 753. The van der Waals surface area contributed by atoms with Gasteiger partial charge in [0.05, 0.1) is 6.10 Å². The van der Waals surface area contributed by atoms with Crippen LogP contribution >= 0.6 is 0 Å². The van der Waals surface area contributed by atoms with Crippen molar-refractivity contribution in [3.8, 4) is 5.75 Å². The molecule has 2 aromatic carbocycles. The number of urea groups is 1. The zero-order valence-electron chi connectivity index (χ0n) is 13.8. The molecule has 0 atom stereocenters. The van der Waals surface area contributed by atoms with Crippen molar-refractivity contribution in [3.63, 3.8) is 0 Å². The predicted molar refractivity (Wildman–Crippen MR) is 96.9 cm³/mol. The molecule has 0 spiro atoms. The number of amides is 3. The van der Waals surface area contributed by atoms with Gasteiger partial charge in [-0.25, -0.2) is 4.79 Å². The average Bonchev–Trinajstić information content (AvgIpc) is 3.09. The van der Waals surface area contributed by atoms with Crippen LogP contribution in [-0.2, 0) is 0 Å². The van der Waals surface area contributed by atoms with E-state index in [1.54, 1.807) is 24.3 Å². The number of benzene rings is 2. The number of primary amides is 1. The number of ether oxygens (including phenoxy) is 1. The minimum absolute atomic E-state index is 0.266. The number of nitrogens with one attached hydrogen (secondary N) is 2. The molecule has 0 aromatic heterocycles. The lowest BCUT2D eigenvalue weighted by Gasteiger charge is -2.13. The highest BCUT2D eigenvalue weighted by Gasteiger charge is 2.16. The molecular weight excluding hydrogens is 318 g/mol. The third-order valence-electron chi connectivity index (χ3n) is 4.11. The summed E-state index contributed by atoms with van der Waals surface area (Å²) in [7, 11) is 0. The minimum Gasteiger partial charge on any atom is -0.490 e. The van der Waals surface area contributed by atoms with Crippen molar-refractivity contribution in [2.24, 2.45) is 5.73 Å². The van der Waals surface area contributed by atoms with E-state index < -0.39 is 6.03 Å². The van der Waals surface area contributed by atoms with Gasteiger partial charge in [0.15, 0.2) is 0 Å². The molecule has 1 saturated carbocycles. The molecule has 6 heteroatoms. The molecule has 1 fully saturated rings. The van der Waals surface area contributed by atoms with Crippen LogP contribution in [0.4, 0.5) is 16.2 Å². The summed E-state index contributed by atoms with van der Waals surface area (Å²) in [4.78, 5) is 23.2. The second-order valence-electron chi connectivity index (χ2n) is 6.07. The van der Waals surface area contributed by atoms with E-state index in [-0.39, 0.29) is 5.91 Å². The van der Waals surface area contributed by atoms with Crippen LogP contribution in [0.3, 0.4) is 0 Å². The van der Waals surface area contributed by atoms with E-state index >= 15 is 0 Å². The van der Waals surface area contributed by atoms with Crippen molar-refractivity contribution < 1.29 is 14.3 Å². The molecule has 3 amide bonds. The van der Waals surface area contributed by atoms with Gasteiger partial charge in [0, 0.05) is 16.9 Å². The molecule has 1 aliphatic rings. The monoisotopic (exact) mass is 339 g/mol. The maximum absolute atomic E-state index is 12.3. The molecular formula is C19H21N3O3. The first-order chi connectivity index (χ1) is 12.1. The molecule has 2 aromatic rings. The van der Waals surface area contributed by atoms with Crippen molar-refractivity contribution in [1.82, 2.24) is 0 Å². The number of rotatable bonds is 5. The van der Waals surface area contributed by atoms with E-state index in [1.807, 2.05) is 24.3 Å². The van der Waals surface area contributed by atoms with Crippen molar-refractivity contribution in [2.75, 3.05) is 10.6 Å². The van der Waals surface area contributed by atoms with Crippen LogP contribution in [0.15, 0.2) is 48.5 Å². The van der Waals surface area contributed by atoms with Gasteiger partial charge in [-0.1, -0.05) is 6.07 Å². The van der Waals surface area contributed by atoms with Crippen molar-refractivity contribution >= 4 is 23.3 Å². The van der Waals surface area contributed by atoms with Crippen LogP contribution in [0.25, 0.3) is 0 Å². The quantitative estimate of drug-likeness (QED) is 0.774. The summed E-state index contributed by atoms with van der Waals surface area (Å²) in [5.74, 6) is 0.551. The molecule has 0 unspecified atom stereocenters. The standard InChI is InChI=1S/C19H21N3O3/c20-19(24)22-15-5-3-4-13(12-15)18(23)21-14-8-10-17(11-9-14)25-16-6-1-2-7-16/h3-5,8-12,16H,1-2,6-7H2,(H,21,23)(H3,20,22,24). The number of hydrogen-bond acceptors (Lipinski definition) is 3. The highest BCUT2D eigenvalue weighted by molar-refractivity contribution is 6.05. The van der Waals surface area contributed by atoms with Gasteiger partial charge in [-0.2, -0.15) is 0 Å². The van der Waals surface area contributed by atoms with Crippen LogP contribution in [-0.4, -0.2) is 18.0 Å². The normalized spacial score (nSPS) is 14.1. The zero-order chi connectivity index (χ0) is 17.6. The summed E-state index contributed by atoms with van der Waals surface area (Å²) >= 11 is 0. The van der Waals surface area contributed by atoms with Gasteiger partial charge in [0.25, 0.3) is 5.91 Å². The molecule has 0 bridgehead atoms. The smallest absolute Gasteiger partial charge is 0.316 e. The summed E-state index contributed by atoms with van der Waals surface area (Å²) in [5.41, 5.74) is 6.66. The fourth-order valence-electron chi connectivity index (χ4n) is 2.90. The number of hydrogen-bond donors (Lipinski definition) is 3. The number of anilines is 2. The predicted octanol–water partition coefficient (Wildman–Crippen LogP) is 3.75. The Kier molecular flexibility index (Phi) is 5.18. The lowest BCUT2D eigenvalue weighted by Crippen LogP contribution is -2.19. The zero-order valence-corrected chi connectivity index (χ0v) is 13.8.